The van der Waals surface area contributed by atoms with Gasteiger partial charge in [0.05, 0.1) is 6.61 Å². The summed E-state index contributed by atoms with van der Waals surface area (Å²) in [7, 11) is 1.45. The SMILES string of the molecule is COCC(C)Oc1c(F)cc(C=CC(=O)O)cc1F. The molecule has 0 radical (unpaired) electrons. The molecular formula is C13H14F2O4. The molecule has 1 aromatic rings. The molecule has 1 rings (SSSR count). The van der Waals surface area contributed by atoms with Gasteiger partial charge in [-0.3, -0.25) is 0 Å². The van der Waals surface area contributed by atoms with Crippen molar-refractivity contribution in [2.45, 2.75) is 13.0 Å². The molecule has 0 fully saturated rings. The van der Waals surface area contributed by atoms with Crippen LogP contribution in [0, 0.1) is 11.6 Å². The van der Waals surface area contributed by atoms with E-state index in [0.717, 1.165) is 24.3 Å². The Kier molecular flexibility index (Phi) is 5.44. The fourth-order valence-electron chi connectivity index (χ4n) is 1.43. The lowest BCUT2D eigenvalue weighted by Crippen LogP contribution is -2.19. The molecule has 1 atom stereocenters. The summed E-state index contributed by atoms with van der Waals surface area (Å²) in [4.78, 5) is 10.3. The van der Waals surface area contributed by atoms with Crippen LogP contribution in [0.4, 0.5) is 8.78 Å². The van der Waals surface area contributed by atoms with E-state index in [1.807, 2.05) is 0 Å². The van der Waals surface area contributed by atoms with Crippen molar-refractivity contribution in [1.29, 1.82) is 0 Å². The van der Waals surface area contributed by atoms with Crippen molar-refractivity contribution in [3.8, 4) is 5.75 Å². The summed E-state index contributed by atoms with van der Waals surface area (Å²) in [6, 6.07) is 1.99. The highest BCUT2D eigenvalue weighted by Gasteiger charge is 2.15. The Bertz CT molecular complexity index is 463. The minimum Gasteiger partial charge on any atom is -0.482 e. The number of halogens is 2. The number of methoxy groups -OCH3 is 1. The molecule has 0 heterocycles. The van der Waals surface area contributed by atoms with Gasteiger partial charge < -0.3 is 14.6 Å². The summed E-state index contributed by atoms with van der Waals surface area (Å²) in [6.45, 7) is 1.81. The molecule has 0 aromatic heterocycles. The highest BCUT2D eigenvalue weighted by Crippen LogP contribution is 2.25. The molecule has 0 amide bonds. The molecule has 104 valence electrons. The predicted molar refractivity (Wildman–Crippen MR) is 65.0 cm³/mol. The standard InChI is InChI=1S/C13H14F2O4/c1-8(7-18-2)19-13-10(14)5-9(6-11(13)15)3-4-12(16)17/h3-6,8H,7H2,1-2H3,(H,16,17). The van der Waals surface area contributed by atoms with Gasteiger partial charge in [-0.25, -0.2) is 13.6 Å². The molecule has 0 aliphatic rings. The number of carboxylic acid groups (broad SMARTS) is 1. The van der Waals surface area contributed by atoms with Crippen LogP contribution in [0.3, 0.4) is 0 Å². The van der Waals surface area contributed by atoms with E-state index in [9.17, 15) is 13.6 Å². The number of carboxylic acids is 1. The number of benzene rings is 1. The summed E-state index contributed by atoms with van der Waals surface area (Å²) in [6.07, 6.45) is 1.38. The van der Waals surface area contributed by atoms with Crippen LogP contribution in [0.25, 0.3) is 6.08 Å². The summed E-state index contributed by atoms with van der Waals surface area (Å²) < 4.78 is 37.2. The fraction of sp³-hybridized carbons (Fsp3) is 0.308. The second kappa shape index (κ2) is 6.84. The van der Waals surface area contributed by atoms with Crippen LogP contribution in [-0.2, 0) is 9.53 Å². The molecule has 0 saturated heterocycles. The summed E-state index contributed by atoms with van der Waals surface area (Å²) in [5.74, 6) is -3.49. The molecular weight excluding hydrogens is 258 g/mol. The molecule has 0 spiro atoms. The van der Waals surface area contributed by atoms with Crippen molar-refractivity contribution in [1.82, 2.24) is 0 Å². The second-order valence-corrected chi connectivity index (χ2v) is 3.87. The molecule has 19 heavy (non-hydrogen) atoms. The monoisotopic (exact) mass is 272 g/mol. The average Bonchev–Trinajstić information content (AvgIpc) is 2.31. The molecule has 1 unspecified atom stereocenters. The number of aliphatic carboxylic acids is 1. The quantitative estimate of drug-likeness (QED) is 0.808. The zero-order chi connectivity index (χ0) is 14.4. The Balaban J connectivity index is 2.94. The zero-order valence-electron chi connectivity index (χ0n) is 10.5. The fourth-order valence-corrected chi connectivity index (χ4v) is 1.43. The smallest absolute Gasteiger partial charge is 0.328 e. The molecule has 1 aromatic carbocycles. The van der Waals surface area contributed by atoms with E-state index in [-0.39, 0.29) is 12.2 Å². The Morgan fingerprint density at radius 2 is 2.00 bits per heavy atom. The van der Waals surface area contributed by atoms with Crippen LogP contribution in [0.1, 0.15) is 12.5 Å². The van der Waals surface area contributed by atoms with Crippen molar-refractivity contribution in [3.05, 3.63) is 35.4 Å². The lowest BCUT2D eigenvalue weighted by Gasteiger charge is -2.15. The molecule has 0 aliphatic carbocycles. The molecule has 0 saturated carbocycles. The van der Waals surface area contributed by atoms with Gasteiger partial charge in [-0.15, -0.1) is 0 Å². The average molecular weight is 272 g/mol. The molecule has 0 bridgehead atoms. The first-order valence-corrected chi connectivity index (χ1v) is 5.49. The third kappa shape index (κ3) is 4.67. The maximum Gasteiger partial charge on any atom is 0.328 e. The van der Waals surface area contributed by atoms with E-state index in [4.69, 9.17) is 14.6 Å². The number of ether oxygens (including phenoxy) is 2. The van der Waals surface area contributed by atoms with Gasteiger partial charge in [0.2, 0.25) is 0 Å². The summed E-state index contributed by atoms with van der Waals surface area (Å²) in [5, 5.41) is 8.43. The Hall–Kier alpha value is -1.95. The van der Waals surface area contributed by atoms with Crippen LogP contribution in [-0.4, -0.2) is 30.9 Å². The van der Waals surface area contributed by atoms with Crippen LogP contribution < -0.4 is 4.74 Å². The molecule has 4 nitrogen and oxygen atoms in total. The summed E-state index contributed by atoms with van der Waals surface area (Å²) in [5.41, 5.74) is 0.101. The van der Waals surface area contributed by atoms with Crippen molar-refractivity contribution in [3.63, 3.8) is 0 Å². The first-order chi connectivity index (χ1) is 8.93. The van der Waals surface area contributed by atoms with E-state index < -0.39 is 29.5 Å². The molecule has 0 aliphatic heterocycles. The van der Waals surface area contributed by atoms with Crippen molar-refractivity contribution >= 4 is 12.0 Å². The Labute approximate surface area is 109 Å². The van der Waals surface area contributed by atoms with Gasteiger partial charge in [-0.05, 0) is 30.7 Å². The Morgan fingerprint density at radius 3 is 2.47 bits per heavy atom. The lowest BCUT2D eigenvalue weighted by atomic mass is 10.2. The van der Waals surface area contributed by atoms with Gasteiger partial charge in [0, 0.05) is 13.2 Å². The first-order valence-electron chi connectivity index (χ1n) is 5.49. The van der Waals surface area contributed by atoms with Crippen molar-refractivity contribution in [2.75, 3.05) is 13.7 Å². The van der Waals surface area contributed by atoms with Gasteiger partial charge in [-0.2, -0.15) is 0 Å². The molecule has 1 N–H and O–H groups in total. The maximum absolute atomic E-state index is 13.6. The topological polar surface area (TPSA) is 55.8 Å². The van der Waals surface area contributed by atoms with E-state index in [0.29, 0.717) is 0 Å². The normalized spacial score (nSPS) is 12.6. The van der Waals surface area contributed by atoms with Gasteiger partial charge >= 0.3 is 5.97 Å². The van der Waals surface area contributed by atoms with E-state index in [2.05, 4.69) is 0 Å². The maximum atomic E-state index is 13.6. The second-order valence-electron chi connectivity index (χ2n) is 3.87. The summed E-state index contributed by atoms with van der Waals surface area (Å²) >= 11 is 0. The highest BCUT2D eigenvalue weighted by atomic mass is 19.1. The minimum absolute atomic E-state index is 0.101. The van der Waals surface area contributed by atoms with Gasteiger partial charge in [0.15, 0.2) is 17.4 Å². The van der Waals surface area contributed by atoms with E-state index in [1.54, 1.807) is 6.92 Å². The Morgan fingerprint density at radius 1 is 1.42 bits per heavy atom. The van der Waals surface area contributed by atoms with Crippen LogP contribution in [0.15, 0.2) is 18.2 Å². The number of hydrogen-bond acceptors (Lipinski definition) is 3. The molecule has 6 heteroatoms. The minimum atomic E-state index is -1.20. The third-order valence-electron chi connectivity index (χ3n) is 2.16. The van der Waals surface area contributed by atoms with E-state index >= 15 is 0 Å². The number of carbonyl (C=O) groups is 1. The van der Waals surface area contributed by atoms with Crippen molar-refractivity contribution in [2.24, 2.45) is 0 Å². The van der Waals surface area contributed by atoms with Crippen LogP contribution >= 0.6 is 0 Å². The third-order valence-corrected chi connectivity index (χ3v) is 2.16. The number of hydrogen-bond donors (Lipinski definition) is 1. The largest absolute Gasteiger partial charge is 0.482 e. The van der Waals surface area contributed by atoms with E-state index in [1.165, 1.54) is 7.11 Å². The zero-order valence-corrected chi connectivity index (χ0v) is 10.5. The van der Waals surface area contributed by atoms with Crippen molar-refractivity contribution < 1.29 is 28.2 Å². The lowest BCUT2D eigenvalue weighted by molar-refractivity contribution is -0.131. The van der Waals surface area contributed by atoms with Crippen LogP contribution in [0.5, 0.6) is 5.75 Å². The van der Waals surface area contributed by atoms with Gasteiger partial charge in [-0.1, -0.05) is 0 Å². The highest BCUT2D eigenvalue weighted by molar-refractivity contribution is 5.85. The van der Waals surface area contributed by atoms with Gasteiger partial charge in [0.25, 0.3) is 0 Å². The van der Waals surface area contributed by atoms with Gasteiger partial charge in [0.1, 0.15) is 6.10 Å². The first kappa shape index (κ1) is 15.1. The predicted octanol–water partition coefficient (Wildman–Crippen LogP) is 2.48. The van der Waals surface area contributed by atoms with Crippen LogP contribution in [0.2, 0.25) is 0 Å². The number of rotatable bonds is 6.